The van der Waals surface area contributed by atoms with Crippen LogP contribution in [0.15, 0.2) is 36.5 Å². The van der Waals surface area contributed by atoms with Crippen molar-refractivity contribution in [2.75, 3.05) is 36.6 Å². The van der Waals surface area contributed by atoms with Gasteiger partial charge in [-0.3, -0.25) is 9.69 Å². The molecule has 2 aromatic rings. The summed E-state index contributed by atoms with van der Waals surface area (Å²) in [5.74, 6) is -0.0603. The van der Waals surface area contributed by atoms with Gasteiger partial charge in [-0.2, -0.15) is 10.2 Å². The molecule has 2 fully saturated rings. The lowest BCUT2D eigenvalue weighted by Gasteiger charge is -2.36. The van der Waals surface area contributed by atoms with Crippen LogP contribution in [0.25, 0.3) is 0 Å². The number of rotatable bonds is 5. The maximum atomic E-state index is 12.3. The first-order valence-electron chi connectivity index (χ1n) is 9.84. The van der Waals surface area contributed by atoms with Gasteiger partial charge < -0.3 is 20.3 Å². The molecule has 1 atom stereocenters. The maximum absolute atomic E-state index is 12.3. The van der Waals surface area contributed by atoms with Gasteiger partial charge in [-0.25, -0.2) is 4.98 Å². The molecule has 156 valence electrons. The Morgan fingerprint density at radius 1 is 1.20 bits per heavy atom. The Hall–Kier alpha value is -3.06. The molecule has 9 nitrogen and oxygen atoms in total. The fraction of sp³-hybridized carbons (Fsp3) is 0.429. The average Bonchev–Trinajstić information content (AvgIpc) is 3.10. The average molecular weight is 409 g/mol. The molecule has 1 aromatic heterocycles. The Bertz CT molecular complexity index is 968. The van der Waals surface area contributed by atoms with Gasteiger partial charge in [0.15, 0.2) is 0 Å². The third kappa shape index (κ3) is 3.61. The molecule has 2 aliphatic heterocycles. The summed E-state index contributed by atoms with van der Waals surface area (Å²) >= 11 is 0. The highest BCUT2D eigenvalue weighted by Crippen LogP contribution is 2.35. The summed E-state index contributed by atoms with van der Waals surface area (Å²) in [5, 5.41) is 32.1. The minimum Gasteiger partial charge on any atom is -0.395 e. The van der Waals surface area contributed by atoms with Crippen molar-refractivity contribution in [3.63, 3.8) is 0 Å². The number of amides is 1. The Kier molecular flexibility index (Phi) is 5.39. The summed E-state index contributed by atoms with van der Waals surface area (Å²) in [4.78, 5) is 22.1. The molecule has 1 aromatic carbocycles. The molecule has 1 amide bonds. The monoisotopic (exact) mass is 409 g/mol. The molecule has 9 heteroatoms. The number of hydrogen-bond donors (Lipinski definition) is 3. The summed E-state index contributed by atoms with van der Waals surface area (Å²) in [6.07, 6.45) is 3.10. The van der Waals surface area contributed by atoms with E-state index in [4.69, 9.17) is 10.00 Å². The largest absolute Gasteiger partial charge is 0.395 e. The van der Waals surface area contributed by atoms with Gasteiger partial charge in [-0.1, -0.05) is 12.1 Å². The summed E-state index contributed by atoms with van der Waals surface area (Å²) in [5.41, 5.74) is -0.452. The molecule has 0 radical (unpaired) electrons. The normalized spacial score (nSPS) is 23.2. The number of aliphatic hydroxyl groups is 2. The zero-order valence-electron chi connectivity index (χ0n) is 16.4. The van der Waals surface area contributed by atoms with Crippen LogP contribution in [0.4, 0.5) is 17.5 Å². The number of ether oxygens (including phenoxy) is 1. The van der Waals surface area contributed by atoms with Gasteiger partial charge in [0.05, 0.1) is 6.61 Å². The number of hydrogen-bond acceptors (Lipinski definition) is 8. The lowest BCUT2D eigenvalue weighted by Crippen LogP contribution is -2.39. The zero-order valence-corrected chi connectivity index (χ0v) is 16.4. The van der Waals surface area contributed by atoms with Crippen LogP contribution in [-0.4, -0.2) is 58.1 Å². The van der Waals surface area contributed by atoms with Gasteiger partial charge >= 0.3 is 0 Å². The highest BCUT2D eigenvalue weighted by molar-refractivity contribution is 6.03. The van der Waals surface area contributed by atoms with E-state index in [1.54, 1.807) is 12.1 Å². The third-order valence-corrected chi connectivity index (χ3v) is 5.90. The van der Waals surface area contributed by atoms with Crippen molar-refractivity contribution < 1.29 is 19.7 Å². The number of aliphatic hydroxyl groups excluding tert-OH is 1. The van der Waals surface area contributed by atoms with Crippen LogP contribution in [0.2, 0.25) is 0 Å². The van der Waals surface area contributed by atoms with Crippen LogP contribution in [0, 0.1) is 11.3 Å². The number of anilines is 3. The van der Waals surface area contributed by atoms with E-state index in [0.717, 1.165) is 24.1 Å². The number of benzene rings is 1. The van der Waals surface area contributed by atoms with Gasteiger partial charge in [0.2, 0.25) is 11.5 Å². The van der Waals surface area contributed by atoms with Crippen LogP contribution < -0.4 is 10.2 Å². The Morgan fingerprint density at radius 3 is 2.57 bits per heavy atom. The van der Waals surface area contributed by atoms with E-state index in [1.165, 1.54) is 11.1 Å². The predicted molar refractivity (Wildman–Crippen MR) is 108 cm³/mol. The van der Waals surface area contributed by atoms with E-state index < -0.39 is 11.5 Å². The van der Waals surface area contributed by atoms with E-state index in [9.17, 15) is 15.0 Å². The summed E-state index contributed by atoms with van der Waals surface area (Å²) in [6.45, 7) is 1.56. The Morgan fingerprint density at radius 2 is 1.93 bits per heavy atom. The smallest absolute Gasteiger partial charge is 0.275 e. The van der Waals surface area contributed by atoms with Crippen LogP contribution in [0.1, 0.15) is 24.8 Å². The molecule has 0 saturated carbocycles. The Balaban J connectivity index is 1.50. The summed E-state index contributed by atoms with van der Waals surface area (Å²) in [6, 6.07) is 11.0. The molecule has 2 aliphatic rings. The molecule has 4 rings (SSSR count). The molecular weight excluding hydrogens is 386 g/mol. The van der Waals surface area contributed by atoms with Gasteiger partial charge in [0, 0.05) is 43.5 Å². The lowest BCUT2D eigenvalue weighted by molar-refractivity contribution is -0.128. The topological polar surface area (TPSA) is 132 Å². The maximum Gasteiger partial charge on any atom is 0.275 e. The minimum absolute atomic E-state index is 0.0359. The van der Waals surface area contributed by atoms with Crippen molar-refractivity contribution in [3.8, 4) is 6.07 Å². The molecule has 3 heterocycles. The highest BCUT2D eigenvalue weighted by Gasteiger charge is 2.46. The van der Waals surface area contributed by atoms with Gasteiger partial charge in [0.1, 0.15) is 11.9 Å². The number of aromatic nitrogens is 2. The first kappa shape index (κ1) is 20.2. The highest BCUT2D eigenvalue weighted by atomic mass is 16.5. The molecule has 0 unspecified atom stereocenters. The number of carbonyl (C=O) groups is 1. The SMILES string of the molecule is N#C[C@@]1(O)CCN(c2ccnc(Nc3ccc(C4(CO)CCOCC4)cc3)n2)C1=O. The van der Waals surface area contributed by atoms with Gasteiger partial charge in [0.25, 0.3) is 5.91 Å². The fourth-order valence-electron chi connectivity index (χ4n) is 3.92. The number of nitrogens with one attached hydrogen (secondary N) is 1. The van der Waals surface area contributed by atoms with Crippen LogP contribution in [0.3, 0.4) is 0 Å². The van der Waals surface area contributed by atoms with E-state index in [-0.39, 0.29) is 25.0 Å². The molecule has 0 aliphatic carbocycles. The second kappa shape index (κ2) is 7.99. The molecular formula is C21H23N5O4. The quantitative estimate of drug-likeness (QED) is 0.629. The van der Waals surface area contributed by atoms with E-state index in [0.29, 0.717) is 25.0 Å². The fourth-order valence-corrected chi connectivity index (χ4v) is 3.92. The lowest BCUT2D eigenvalue weighted by atomic mass is 9.75. The number of nitrogens with zero attached hydrogens (tertiary/aromatic N) is 4. The van der Waals surface area contributed by atoms with Crippen LogP contribution >= 0.6 is 0 Å². The Labute approximate surface area is 173 Å². The first-order chi connectivity index (χ1) is 14.5. The van der Waals surface area contributed by atoms with E-state index in [2.05, 4.69) is 15.3 Å². The molecule has 0 spiro atoms. The second-order valence-corrected chi connectivity index (χ2v) is 7.67. The van der Waals surface area contributed by atoms with Gasteiger partial charge in [-0.05, 0) is 36.6 Å². The minimum atomic E-state index is -2.00. The molecule has 3 N–H and O–H groups in total. The first-order valence-corrected chi connectivity index (χ1v) is 9.84. The van der Waals surface area contributed by atoms with Crippen molar-refractivity contribution >= 4 is 23.4 Å². The second-order valence-electron chi connectivity index (χ2n) is 7.67. The number of carbonyl (C=O) groups excluding carboxylic acids is 1. The molecule has 2 saturated heterocycles. The summed E-state index contributed by atoms with van der Waals surface area (Å²) < 4.78 is 5.43. The molecule has 0 bridgehead atoms. The van der Waals surface area contributed by atoms with E-state index >= 15 is 0 Å². The predicted octanol–water partition coefficient (Wildman–Crippen LogP) is 1.25. The number of nitriles is 1. The van der Waals surface area contributed by atoms with E-state index in [1.807, 2.05) is 24.3 Å². The van der Waals surface area contributed by atoms with Crippen LogP contribution in [-0.2, 0) is 14.9 Å². The van der Waals surface area contributed by atoms with Crippen molar-refractivity contribution in [3.05, 3.63) is 42.1 Å². The van der Waals surface area contributed by atoms with Crippen molar-refractivity contribution in [2.24, 2.45) is 0 Å². The standard InChI is InChI=1S/C21H23N5O4/c22-13-21(29)6-10-26(18(21)28)17-5-9-23-19(25-17)24-16-3-1-15(2-4-16)20(14-27)7-11-30-12-8-20/h1-5,9,27,29H,6-8,10-12,14H2,(H,23,24,25)/t21-/m0/s1. The van der Waals surface area contributed by atoms with Crippen molar-refractivity contribution in [1.29, 1.82) is 5.26 Å². The van der Waals surface area contributed by atoms with Crippen molar-refractivity contribution in [2.45, 2.75) is 30.3 Å². The van der Waals surface area contributed by atoms with Crippen molar-refractivity contribution in [1.82, 2.24) is 9.97 Å². The van der Waals surface area contributed by atoms with Gasteiger partial charge in [-0.15, -0.1) is 0 Å². The summed E-state index contributed by atoms with van der Waals surface area (Å²) in [7, 11) is 0. The zero-order chi connectivity index (χ0) is 21.2. The van der Waals surface area contributed by atoms with Crippen LogP contribution in [0.5, 0.6) is 0 Å². The third-order valence-electron chi connectivity index (χ3n) is 5.90. The molecule has 30 heavy (non-hydrogen) atoms.